The maximum atomic E-state index is 4.53. The maximum Gasteiger partial charge on any atom is 0.191 e. The first-order chi connectivity index (χ1) is 10.7. The van der Waals surface area contributed by atoms with Gasteiger partial charge in [0.05, 0.1) is 0 Å². The highest BCUT2D eigenvalue weighted by Crippen LogP contribution is 2.19. The molecule has 1 saturated carbocycles. The molecule has 0 amide bonds. The van der Waals surface area contributed by atoms with Crippen molar-refractivity contribution in [3.63, 3.8) is 0 Å². The van der Waals surface area contributed by atoms with Crippen molar-refractivity contribution in [1.82, 2.24) is 15.6 Å². The standard InChI is InChI=1S/C17H27N5.HI/c1-13-6-7-16(19-12-13)22-10-8-15(9-11-22)21-17(18-2)20-14-4-3-5-14;/h6-7,12,14-15H,3-5,8-11H2,1-2H3,(H2,18,20,21);1H. The SMILES string of the molecule is CN=C(NC1CCC1)NC1CCN(c2ccc(C)cn2)CC1.I. The van der Waals surface area contributed by atoms with Crippen molar-refractivity contribution < 1.29 is 0 Å². The van der Waals surface area contributed by atoms with Crippen molar-refractivity contribution in [1.29, 1.82) is 0 Å². The van der Waals surface area contributed by atoms with E-state index in [1.807, 2.05) is 13.2 Å². The van der Waals surface area contributed by atoms with E-state index in [0.717, 1.165) is 37.7 Å². The number of hydrogen-bond donors (Lipinski definition) is 2. The molecule has 0 unspecified atom stereocenters. The number of hydrogen-bond acceptors (Lipinski definition) is 3. The number of nitrogens with one attached hydrogen (secondary N) is 2. The number of guanidine groups is 1. The highest BCUT2D eigenvalue weighted by Gasteiger charge is 2.23. The lowest BCUT2D eigenvalue weighted by atomic mass is 9.93. The molecule has 2 aliphatic rings. The van der Waals surface area contributed by atoms with Crippen molar-refractivity contribution in [3.8, 4) is 0 Å². The Bertz CT molecular complexity index is 504. The molecule has 2 fully saturated rings. The quantitative estimate of drug-likeness (QED) is 0.441. The van der Waals surface area contributed by atoms with Gasteiger partial charge in [-0.15, -0.1) is 24.0 Å². The molecule has 2 heterocycles. The third-order valence-electron chi connectivity index (χ3n) is 4.73. The minimum Gasteiger partial charge on any atom is -0.356 e. The molecule has 0 aromatic carbocycles. The molecule has 3 rings (SSSR count). The highest BCUT2D eigenvalue weighted by atomic mass is 127. The molecular weight excluding hydrogens is 401 g/mol. The van der Waals surface area contributed by atoms with Crippen LogP contribution in [0.5, 0.6) is 0 Å². The van der Waals surface area contributed by atoms with Crippen LogP contribution >= 0.6 is 24.0 Å². The average molecular weight is 429 g/mol. The second-order valence-electron chi connectivity index (χ2n) is 6.44. The number of anilines is 1. The minimum absolute atomic E-state index is 0. The zero-order valence-corrected chi connectivity index (χ0v) is 16.4. The number of aliphatic imine (C=N–C) groups is 1. The van der Waals surface area contributed by atoms with Gasteiger partial charge < -0.3 is 15.5 Å². The van der Waals surface area contributed by atoms with Gasteiger partial charge in [0.25, 0.3) is 0 Å². The molecule has 6 heteroatoms. The molecule has 0 bridgehead atoms. The van der Waals surface area contributed by atoms with E-state index in [9.17, 15) is 0 Å². The molecule has 128 valence electrons. The molecule has 5 nitrogen and oxygen atoms in total. The van der Waals surface area contributed by atoms with E-state index in [4.69, 9.17) is 0 Å². The van der Waals surface area contributed by atoms with Crippen LogP contribution in [0.25, 0.3) is 0 Å². The molecule has 1 aliphatic carbocycles. The fourth-order valence-corrected chi connectivity index (χ4v) is 3.01. The van der Waals surface area contributed by atoms with Crippen molar-refractivity contribution in [3.05, 3.63) is 23.9 Å². The summed E-state index contributed by atoms with van der Waals surface area (Å²) in [6.07, 6.45) is 8.10. The number of halogens is 1. The summed E-state index contributed by atoms with van der Waals surface area (Å²) in [6.45, 7) is 4.18. The van der Waals surface area contributed by atoms with Crippen LogP contribution in [-0.2, 0) is 0 Å². The lowest BCUT2D eigenvalue weighted by Crippen LogP contribution is -2.52. The summed E-state index contributed by atoms with van der Waals surface area (Å²) in [5.74, 6) is 2.07. The predicted molar refractivity (Wildman–Crippen MR) is 107 cm³/mol. The first-order valence-electron chi connectivity index (χ1n) is 8.42. The molecule has 1 aromatic rings. The Kier molecular flexibility index (Phi) is 6.92. The van der Waals surface area contributed by atoms with Crippen molar-refractivity contribution >= 4 is 35.8 Å². The van der Waals surface area contributed by atoms with Crippen LogP contribution in [-0.4, -0.2) is 43.2 Å². The fourth-order valence-electron chi connectivity index (χ4n) is 3.01. The summed E-state index contributed by atoms with van der Waals surface area (Å²) < 4.78 is 0. The summed E-state index contributed by atoms with van der Waals surface area (Å²) in [5, 5.41) is 7.09. The molecular formula is C17H28IN5. The van der Waals surface area contributed by atoms with Gasteiger partial charge in [-0.25, -0.2) is 4.98 Å². The zero-order chi connectivity index (χ0) is 15.4. The zero-order valence-electron chi connectivity index (χ0n) is 14.1. The van der Waals surface area contributed by atoms with Gasteiger partial charge in [-0.1, -0.05) is 6.07 Å². The number of piperidine rings is 1. The first kappa shape index (κ1) is 18.3. The molecule has 1 aromatic heterocycles. The van der Waals surface area contributed by atoms with Gasteiger partial charge in [-0.05, 0) is 50.7 Å². The van der Waals surface area contributed by atoms with Crippen molar-refractivity contribution in [2.24, 2.45) is 4.99 Å². The van der Waals surface area contributed by atoms with Gasteiger partial charge in [-0.3, -0.25) is 4.99 Å². The number of aromatic nitrogens is 1. The Hall–Kier alpha value is -1.05. The van der Waals surface area contributed by atoms with E-state index >= 15 is 0 Å². The van der Waals surface area contributed by atoms with Crippen molar-refractivity contribution in [2.45, 2.75) is 51.1 Å². The average Bonchev–Trinajstić information content (AvgIpc) is 2.51. The van der Waals surface area contributed by atoms with E-state index in [1.165, 1.54) is 24.8 Å². The Balaban J connectivity index is 0.00000192. The van der Waals surface area contributed by atoms with Gasteiger partial charge in [0.1, 0.15) is 5.82 Å². The lowest BCUT2D eigenvalue weighted by Gasteiger charge is -2.35. The molecule has 1 saturated heterocycles. The van der Waals surface area contributed by atoms with Crippen LogP contribution in [0.1, 0.15) is 37.7 Å². The summed E-state index contributed by atoms with van der Waals surface area (Å²) in [7, 11) is 1.86. The fraction of sp³-hybridized carbons (Fsp3) is 0.647. The van der Waals surface area contributed by atoms with Gasteiger partial charge in [0.2, 0.25) is 0 Å². The molecule has 23 heavy (non-hydrogen) atoms. The third-order valence-corrected chi connectivity index (χ3v) is 4.73. The predicted octanol–water partition coefficient (Wildman–Crippen LogP) is 2.69. The molecule has 0 spiro atoms. The third kappa shape index (κ3) is 4.96. The molecule has 2 N–H and O–H groups in total. The van der Waals surface area contributed by atoms with Crippen LogP contribution in [0.3, 0.4) is 0 Å². The van der Waals surface area contributed by atoms with Crippen LogP contribution in [0.4, 0.5) is 5.82 Å². The van der Waals surface area contributed by atoms with Crippen LogP contribution in [0.2, 0.25) is 0 Å². The number of aryl methyl sites for hydroxylation is 1. The second kappa shape index (κ2) is 8.70. The van der Waals surface area contributed by atoms with Gasteiger partial charge in [-0.2, -0.15) is 0 Å². The lowest BCUT2D eigenvalue weighted by molar-refractivity contribution is 0.374. The minimum atomic E-state index is 0. The largest absolute Gasteiger partial charge is 0.356 e. The normalized spacial score (nSPS) is 19.7. The Morgan fingerprint density at radius 2 is 1.78 bits per heavy atom. The molecule has 0 radical (unpaired) electrons. The van der Waals surface area contributed by atoms with Crippen LogP contribution < -0.4 is 15.5 Å². The Labute approximate surface area is 156 Å². The smallest absolute Gasteiger partial charge is 0.191 e. The Morgan fingerprint density at radius 3 is 2.26 bits per heavy atom. The van der Waals surface area contributed by atoms with E-state index in [2.05, 4.69) is 44.6 Å². The number of nitrogens with zero attached hydrogens (tertiary/aromatic N) is 3. The van der Waals surface area contributed by atoms with E-state index in [-0.39, 0.29) is 24.0 Å². The highest BCUT2D eigenvalue weighted by molar-refractivity contribution is 14.0. The monoisotopic (exact) mass is 429 g/mol. The van der Waals surface area contributed by atoms with E-state index in [1.54, 1.807) is 0 Å². The van der Waals surface area contributed by atoms with Crippen LogP contribution in [0, 0.1) is 6.92 Å². The maximum absolute atomic E-state index is 4.53. The summed E-state index contributed by atoms with van der Waals surface area (Å²) in [4.78, 5) is 11.3. The summed E-state index contributed by atoms with van der Waals surface area (Å²) >= 11 is 0. The van der Waals surface area contributed by atoms with E-state index in [0.29, 0.717) is 12.1 Å². The number of rotatable bonds is 3. The molecule has 0 atom stereocenters. The van der Waals surface area contributed by atoms with Crippen LogP contribution in [0.15, 0.2) is 23.3 Å². The Morgan fingerprint density at radius 1 is 1.13 bits per heavy atom. The second-order valence-corrected chi connectivity index (χ2v) is 6.44. The first-order valence-corrected chi connectivity index (χ1v) is 8.42. The van der Waals surface area contributed by atoms with Gasteiger partial charge in [0, 0.05) is 38.4 Å². The van der Waals surface area contributed by atoms with Gasteiger partial charge >= 0.3 is 0 Å². The van der Waals surface area contributed by atoms with Gasteiger partial charge in [0.15, 0.2) is 5.96 Å². The van der Waals surface area contributed by atoms with E-state index < -0.39 is 0 Å². The molecule has 1 aliphatic heterocycles. The topological polar surface area (TPSA) is 52.6 Å². The summed E-state index contributed by atoms with van der Waals surface area (Å²) in [5.41, 5.74) is 1.21. The van der Waals surface area contributed by atoms with Crippen molar-refractivity contribution in [2.75, 3.05) is 25.0 Å². The number of pyridine rings is 1. The summed E-state index contributed by atoms with van der Waals surface area (Å²) in [6, 6.07) is 5.40.